The van der Waals surface area contributed by atoms with E-state index in [9.17, 15) is 0 Å². The molecule has 6 heteroatoms. The van der Waals surface area contributed by atoms with Crippen LogP contribution in [0, 0.1) is 0 Å². The summed E-state index contributed by atoms with van der Waals surface area (Å²) in [4.78, 5) is 0. The van der Waals surface area contributed by atoms with Crippen molar-refractivity contribution in [2.45, 2.75) is 13.0 Å². The molecular weight excluding hydrogens is 274 g/mol. The topological polar surface area (TPSA) is 55.6 Å². The molecule has 0 aliphatic heterocycles. The van der Waals surface area contributed by atoms with Crippen LogP contribution in [0.5, 0.6) is 0 Å². The van der Waals surface area contributed by atoms with Crippen LogP contribution in [-0.4, -0.2) is 20.0 Å². The van der Waals surface area contributed by atoms with Gasteiger partial charge in [-0.05, 0) is 18.6 Å². The first-order valence-corrected chi connectivity index (χ1v) is 6.70. The van der Waals surface area contributed by atoms with Crippen molar-refractivity contribution in [3.63, 3.8) is 0 Å². The number of halogens is 1. The fourth-order valence-electron chi connectivity index (χ4n) is 2.16. The Balaban J connectivity index is 1.97. The van der Waals surface area contributed by atoms with Crippen LogP contribution >= 0.6 is 11.6 Å². The molecule has 3 aromatic rings. The minimum atomic E-state index is 0.140. The maximum Gasteiger partial charge on any atom is 0.182 e. The standard InChI is InChI=1S/C14H14ClN5/c1-9(10-6-4-3-5-7-10)16-13-11-8-12(15)17-18-14(11)20(2)19-13/h3-9H,1-2H3,(H,16,19)/t9-/m0/s1. The average molecular weight is 288 g/mol. The van der Waals surface area contributed by atoms with Gasteiger partial charge in [-0.15, -0.1) is 10.2 Å². The largest absolute Gasteiger partial charge is 0.362 e. The molecule has 1 aromatic carbocycles. The molecule has 20 heavy (non-hydrogen) atoms. The molecule has 3 rings (SSSR count). The lowest BCUT2D eigenvalue weighted by Crippen LogP contribution is -2.07. The van der Waals surface area contributed by atoms with E-state index in [0.717, 1.165) is 11.2 Å². The number of aryl methyl sites for hydroxylation is 1. The Kier molecular flexibility index (Phi) is 3.28. The van der Waals surface area contributed by atoms with Gasteiger partial charge < -0.3 is 5.32 Å². The molecule has 1 N–H and O–H groups in total. The Morgan fingerprint density at radius 1 is 1.20 bits per heavy atom. The number of nitrogens with one attached hydrogen (secondary N) is 1. The van der Waals surface area contributed by atoms with E-state index in [1.54, 1.807) is 10.7 Å². The highest BCUT2D eigenvalue weighted by Gasteiger charge is 2.14. The predicted molar refractivity (Wildman–Crippen MR) is 79.8 cm³/mol. The van der Waals surface area contributed by atoms with Crippen LogP contribution in [0.3, 0.4) is 0 Å². The Hall–Kier alpha value is -2.14. The Labute approximate surface area is 121 Å². The smallest absolute Gasteiger partial charge is 0.182 e. The predicted octanol–water partition coefficient (Wildman–Crippen LogP) is 3.19. The van der Waals surface area contributed by atoms with Crippen LogP contribution in [0.1, 0.15) is 18.5 Å². The van der Waals surface area contributed by atoms with Gasteiger partial charge in [-0.3, -0.25) is 0 Å². The van der Waals surface area contributed by atoms with E-state index >= 15 is 0 Å². The van der Waals surface area contributed by atoms with Gasteiger partial charge in [0.15, 0.2) is 16.6 Å². The monoisotopic (exact) mass is 287 g/mol. The molecule has 0 aliphatic rings. The highest BCUT2D eigenvalue weighted by Crippen LogP contribution is 2.26. The van der Waals surface area contributed by atoms with Crippen molar-refractivity contribution >= 4 is 28.5 Å². The van der Waals surface area contributed by atoms with Crippen LogP contribution in [0.2, 0.25) is 5.15 Å². The van der Waals surface area contributed by atoms with Gasteiger partial charge in [-0.2, -0.15) is 5.10 Å². The normalized spacial score (nSPS) is 12.6. The zero-order valence-corrected chi connectivity index (χ0v) is 12.0. The average Bonchev–Trinajstić information content (AvgIpc) is 2.76. The molecule has 0 fully saturated rings. The molecule has 0 bridgehead atoms. The molecule has 0 radical (unpaired) electrons. The van der Waals surface area contributed by atoms with E-state index in [2.05, 4.69) is 39.7 Å². The lowest BCUT2D eigenvalue weighted by atomic mass is 10.1. The van der Waals surface area contributed by atoms with Crippen LogP contribution in [-0.2, 0) is 7.05 Å². The number of anilines is 1. The summed E-state index contributed by atoms with van der Waals surface area (Å²) in [6.07, 6.45) is 0. The molecule has 0 spiro atoms. The zero-order chi connectivity index (χ0) is 14.1. The van der Waals surface area contributed by atoms with Crippen LogP contribution in [0.15, 0.2) is 36.4 Å². The molecule has 0 amide bonds. The molecular formula is C14H14ClN5. The van der Waals surface area contributed by atoms with Gasteiger partial charge in [0, 0.05) is 7.05 Å². The third kappa shape index (κ3) is 2.32. The van der Waals surface area contributed by atoms with Crippen molar-refractivity contribution in [3.8, 4) is 0 Å². The summed E-state index contributed by atoms with van der Waals surface area (Å²) in [6.45, 7) is 2.09. The van der Waals surface area contributed by atoms with Crippen molar-refractivity contribution in [2.75, 3.05) is 5.32 Å². The van der Waals surface area contributed by atoms with E-state index in [0.29, 0.717) is 10.8 Å². The maximum atomic E-state index is 5.92. The van der Waals surface area contributed by atoms with E-state index in [1.165, 1.54) is 5.56 Å². The summed E-state index contributed by atoms with van der Waals surface area (Å²) in [5.41, 5.74) is 1.90. The molecule has 5 nitrogen and oxygen atoms in total. The molecule has 0 saturated heterocycles. The first-order valence-electron chi connectivity index (χ1n) is 6.32. The molecule has 0 aliphatic carbocycles. The SMILES string of the molecule is C[C@H](Nc1nn(C)c2nnc(Cl)cc12)c1ccccc1. The van der Waals surface area contributed by atoms with Crippen LogP contribution < -0.4 is 5.32 Å². The van der Waals surface area contributed by atoms with Gasteiger partial charge >= 0.3 is 0 Å². The van der Waals surface area contributed by atoms with E-state index in [4.69, 9.17) is 11.6 Å². The summed E-state index contributed by atoms with van der Waals surface area (Å²) in [7, 11) is 1.84. The van der Waals surface area contributed by atoms with E-state index in [1.807, 2.05) is 25.2 Å². The van der Waals surface area contributed by atoms with Gasteiger partial charge in [-0.1, -0.05) is 41.9 Å². The molecule has 0 unspecified atom stereocenters. The molecule has 0 saturated carbocycles. The summed E-state index contributed by atoms with van der Waals surface area (Å²) >= 11 is 5.92. The first-order chi connectivity index (χ1) is 9.65. The van der Waals surface area contributed by atoms with Crippen molar-refractivity contribution in [2.24, 2.45) is 7.05 Å². The molecule has 102 valence electrons. The lowest BCUT2D eigenvalue weighted by molar-refractivity contribution is 0.769. The lowest BCUT2D eigenvalue weighted by Gasteiger charge is -2.13. The number of fused-ring (bicyclic) bond motifs is 1. The Morgan fingerprint density at radius 2 is 1.95 bits per heavy atom. The minimum Gasteiger partial charge on any atom is -0.362 e. The van der Waals surface area contributed by atoms with Crippen molar-refractivity contribution in [1.82, 2.24) is 20.0 Å². The Bertz CT molecular complexity index is 738. The summed E-state index contributed by atoms with van der Waals surface area (Å²) < 4.78 is 1.69. The third-order valence-electron chi connectivity index (χ3n) is 3.21. The third-order valence-corrected chi connectivity index (χ3v) is 3.39. The second kappa shape index (κ2) is 5.09. The molecule has 1 atom stereocenters. The number of nitrogens with zero attached hydrogens (tertiary/aromatic N) is 4. The summed E-state index contributed by atoms with van der Waals surface area (Å²) in [5.74, 6) is 0.760. The number of benzene rings is 1. The summed E-state index contributed by atoms with van der Waals surface area (Å²) in [6, 6.07) is 12.1. The molecule has 2 aromatic heterocycles. The zero-order valence-electron chi connectivity index (χ0n) is 11.2. The van der Waals surface area contributed by atoms with Gasteiger partial charge in [0.05, 0.1) is 11.4 Å². The van der Waals surface area contributed by atoms with Gasteiger partial charge in [0.25, 0.3) is 0 Å². The quantitative estimate of drug-likeness (QED) is 0.804. The molecule has 2 heterocycles. The number of aromatic nitrogens is 4. The minimum absolute atomic E-state index is 0.140. The number of hydrogen-bond donors (Lipinski definition) is 1. The van der Waals surface area contributed by atoms with Crippen LogP contribution in [0.25, 0.3) is 11.0 Å². The van der Waals surface area contributed by atoms with Crippen molar-refractivity contribution in [1.29, 1.82) is 0 Å². The summed E-state index contributed by atoms with van der Waals surface area (Å²) in [5, 5.41) is 17.0. The Morgan fingerprint density at radius 3 is 2.70 bits per heavy atom. The van der Waals surface area contributed by atoms with Gasteiger partial charge in [0.2, 0.25) is 0 Å². The van der Waals surface area contributed by atoms with Crippen LogP contribution in [0.4, 0.5) is 5.82 Å². The highest BCUT2D eigenvalue weighted by atomic mass is 35.5. The van der Waals surface area contributed by atoms with Crippen molar-refractivity contribution < 1.29 is 0 Å². The highest BCUT2D eigenvalue weighted by molar-refractivity contribution is 6.30. The van der Waals surface area contributed by atoms with E-state index in [-0.39, 0.29) is 6.04 Å². The second-order valence-electron chi connectivity index (χ2n) is 4.65. The van der Waals surface area contributed by atoms with Gasteiger partial charge in [-0.25, -0.2) is 4.68 Å². The fourth-order valence-corrected chi connectivity index (χ4v) is 2.31. The maximum absolute atomic E-state index is 5.92. The van der Waals surface area contributed by atoms with E-state index < -0.39 is 0 Å². The van der Waals surface area contributed by atoms with Crippen molar-refractivity contribution in [3.05, 3.63) is 47.1 Å². The first kappa shape index (κ1) is 12.9. The fraction of sp³-hybridized carbons (Fsp3) is 0.214. The number of hydrogen-bond acceptors (Lipinski definition) is 4. The number of rotatable bonds is 3. The van der Waals surface area contributed by atoms with Gasteiger partial charge in [0.1, 0.15) is 0 Å². The second-order valence-corrected chi connectivity index (χ2v) is 5.04.